The lowest BCUT2D eigenvalue weighted by Crippen LogP contribution is -2.63. The quantitative estimate of drug-likeness (QED) is 0.589. The average molecular weight is 306 g/mol. The van der Waals surface area contributed by atoms with Crippen LogP contribution in [0.4, 0.5) is 4.39 Å². The Balaban J connectivity index is 1.72. The number of carbonyl (C=O) groups excluding carboxylic acids is 1. The van der Waals surface area contributed by atoms with Gasteiger partial charge in [0.25, 0.3) is 0 Å². The molecule has 4 heterocycles. The first-order valence-electron chi connectivity index (χ1n) is 7.16. The Labute approximate surface area is 126 Å². The fraction of sp³-hybridized carbons (Fsp3) is 0.438. The Kier molecular flexibility index (Phi) is 2.76. The topological polar surface area (TPSA) is 54.0 Å². The van der Waals surface area contributed by atoms with Gasteiger partial charge in [-0.25, -0.2) is 14.1 Å². The van der Waals surface area contributed by atoms with Crippen LogP contribution in [0.25, 0.3) is 0 Å². The summed E-state index contributed by atoms with van der Waals surface area (Å²) in [4.78, 5) is 23.2. The molecule has 4 aliphatic rings. The van der Waals surface area contributed by atoms with Crippen molar-refractivity contribution in [3.8, 4) is 0 Å². The summed E-state index contributed by atoms with van der Waals surface area (Å²) in [6, 6.07) is 5.81. The van der Waals surface area contributed by atoms with Crippen LogP contribution in [0.15, 0.2) is 35.9 Å². The molecule has 1 aromatic carbocycles. The van der Waals surface area contributed by atoms with Crippen LogP contribution in [0, 0.1) is 5.82 Å². The Morgan fingerprint density at radius 2 is 1.95 bits per heavy atom. The number of cyclic esters (lactones) is 1. The van der Waals surface area contributed by atoms with Gasteiger partial charge in [0.1, 0.15) is 17.5 Å². The summed E-state index contributed by atoms with van der Waals surface area (Å²) in [6.07, 6.45) is 1.14. The van der Waals surface area contributed by atoms with Gasteiger partial charge in [0.15, 0.2) is 0 Å². The second-order valence-corrected chi connectivity index (χ2v) is 6.07. The Hall–Kier alpha value is -1.76. The van der Waals surface area contributed by atoms with E-state index >= 15 is 0 Å². The third kappa shape index (κ3) is 1.84. The number of benzene rings is 1. The summed E-state index contributed by atoms with van der Waals surface area (Å²) in [5, 5.41) is 0. The highest BCUT2D eigenvalue weighted by atomic mass is 19.1. The zero-order valence-corrected chi connectivity index (χ0v) is 12.2. The third-order valence-electron chi connectivity index (χ3n) is 4.54. The van der Waals surface area contributed by atoms with Gasteiger partial charge in [-0.1, -0.05) is 12.1 Å². The van der Waals surface area contributed by atoms with Crippen LogP contribution < -0.4 is 0 Å². The molecule has 1 spiro atoms. The van der Waals surface area contributed by atoms with E-state index < -0.39 is 23.5 Å². The molecule has 0 N–H and O–H groups in total. The van der Waals surface area contributed by atoms with Gasteiger partial charge < -0.3 is 9.47 Å². The number of hydrogen-bond acceptors (Lipinski definition) is 5. The fourth-order valence-electron chi connectivity index (χ4n) is 3.04. The molecule has 2 saturated heterocycles. The number of esters is 1. The van der Waals surface area contributed by atoms with Crippen molar-refractivity contribution in [2.24, 2.45) is 0 Å². The van der Waals surface area contributed by atoms with Crippen LogP contribution in [-0.2, 0) is 24.0 Å². The van der Waals surface area contributed by atoms with Crippen molar-refractivity contribution in [3.63, 3.8) is 0 Å². The van der Waals surface area contributed by atoms with E-state index in [2.05, 4.69) is 0 Å². The highest BCUT2D eigenvalue weighted by molar-refractivity contribution is 5.92. The minimum atomic E-state index is -1.26. The smallest absolute Gasteiger partial charge is 0.340 e. The first-order chi connectivity index (χ1) is 10.4. The molecule has 0 saturated carbocycles. The summed E-state index contributed by atoms with van der Waals surface area (Å²) in [5.74, 6) is -2.10. The number of fused-ring (bicyclic) bond motifs is 2. The molecule has 6 heteroatoms. The lowest BCUT2D eigenvalue weighted by atomic mass is 9.83. The molecule has 2 bridgehead atoms. The van der Waals surface area contributed by atoms with E-state index in [1.165, 1.54) is 12.1 Å². The molecule has 4 atom stereocenters. The van der Waals surface area contributed by atoms with E-state index in [0.29, 0.717) is 11.1 Å². The van der Waals surface area contributed by atoms with Gasteiger partial charge in [0.05, 0.1) is 18.1 Å². The number of rotatable bonds is 1. The van der Waals surface area contributed by atoms with Crippen LogP contribution in [0.5, 0.6) is 0 Å². The molecular formula is C16H15FO5. The maximum absolute atomic E-state index is 13.1. The zero-order chi connectivity index (χ0) is 15.5. The van der Waals surface area contributed by atoms with Crippen LogP contribution in [0.1, 0.15) is 31.9 Å². The molecular weight excluding hydrogens is 291 g/mol. The van der Waals surface area contributed by atoms with E-state index in [1.807, 2.05) is 6.92 Å². The van der Waals surface area contributed by atoms with Gasteiger partial charge in [-0.15, -0.1) is 0 Å². The Bertz CT molecular complexity index is 670. The molecule has 0 aliphatic carbocycles. The summed E-state index contributed by atoms with van der Waals surface area (Å²) in [6.45, 7) is 3.65. The third-order valence-corrected chi connectivity index (χ3v) is 4.54. The Morgan fingerprint density at radius 1 is 1.23 bits per heavy atom. The van der Waals surface area contributed by atoms with Crippen LogP contribution in [0.3, 0.4) is 0 Å². The molecule has 5 nitrogen and oxygen atoms in total. The number of hydrogen-bond donors (Lipinski definition) is 0. The molecule has 2 unspecified atom stereocenters. The first kappa shape index (κ1) is 13.9. The molecule has 0 amide bonds. The maximum atomic E-state index is 13.1. The summed E-state index contributed by atoms with van der Waals surface area (Å²) >= 11 is 0. The minimum Gasteiger partial charge on any atom is -0.454 e. The van der Waals surface area contributed by atoms with E-state index in [1.54, 1.807) is 25.1 Å². The number of halogens is 1. The molecule has 116 valence electrons. The monoisotopic (exact) mass is 306 g/mol. The second-order valence-electron chi connectivity index (χ2n) is 6.07. The summed E-state index contributed by atoms with van der Waals surface area (Å²) in [7, 11) is 0. The number of ether oxygens (including phenoxy) is 2. The summed E-state index contributed by atoms with van der Waals surface area (Å²) < 4.78 is 24.5. The van der Waals surface area contributed by atoms with Gasteiger partial charge in [0, 0.05) is 0 Å². The second kappa shape index (κ2) is 4.38. The van der Waals surface area contributed by atoms with Crippen molar-refractivity contribution in [1.29, 1.82) is 0 Å². The van der Waals surface area contributed by atoms with Crippen LogP contribution >= 0.6 is 0 Å². The van der Waals surface area contributed by atoms with Crippen LogP contribution in [0.2, 0.25) is 0 Å². The lowest BCUT2D eigenvalue weighted by molar-refractivity contribution is -0.518. The van der Waals surface area contributed by atoms with Crippen molar-refractivity contribution < 1.29 is 28.4 Å². The van der Waals surface area contributed by atoms with Crippen molar-refractivity contribution in [1.82, 2.24) is 0 Å². The van der Waals surface area contributed by atoms with Gasteiger partial charge >= 0.3 is 5.97 Å². The van der Waals surface area contributed by atoms with E-state index in [-0.39, 0.29) is 18.3 Å². The molecule has 0 aromatic heterocycles. The molecule has 0 radical (unpaired) electrons. The average Bonchev–Trinajstić information content (AvgIpc) is 2.48. The predicted octanol–water partition coefficient (Wildman–Crippen LogP) is 2.58. The van der Waals surface area contributed by atoms with Gasteiger partial charge in [-0.05, 0) is 37.6 Å². The Morgan fingerprint density at radius 3 is 2.64 bits per heavy atom. The van der Waals surface area contributed by atoms with Gasteiger partial charge in [-0.2, -0.15) is 4.89 Å². The van der Waals surface area contributed by atoms with E-state index in [9.17, 15) is 9.18 Å². The van der Waals surface area contributed by atoms with Crippen molar-refractivity contribution in [2.45, 2.75) is 43.9 Å². The highest BCUT2D eigenvalue weighted by Gasteiger charge is 2.61. The van der Waals surface area contributed by atoms with Crippen LogP contribution in [-0.4, -0.2) is 23.5 Å². The molecule has 1 aromatic rings. The maximum Gasteiger partial charge on any atom is 0.340 e. The SMILES string of the molecule is CC1O[C@]23CC(c4ccc(F)cc4)OC(=O)C2=C[C@@]1(C)OO3. The van der Waals surface area contributed by atoms with Crippen molar-refractivity contribution in [2.75, 3.05) is 0 Å². The van der Waals surface area contributed by atoms with Crippen molar-refractivity contribution in [3.05, 3.63) is 47.3 Å². The van der Waals surface area contributed by atoms with Gasteiger partial charge in [-0.3, -0.25) is 0 Å². The van der Waals surface area contributed by atoms with Gasteiger partial charge in [0.2, 0.25) is 5.79 Å². The van der Waals surface area contributed by atoms with Crippen molar-refractivity contribution >= 4 is 5.97 Å². The highest BCUT2D eigenvalue weighted by Crippen LogP contribution is 2.51. The molecule has 2 fully saturated rings. The lowest BCUT2D eigenvalue weighted by Gasteiger charge is -2.53. The number of carbonyl (C=O) groups is 1. The van der Waals surface area contributed by atoms with E-state index in [0.717, 1.165) is 0 Å². The molecule has 5 rings (SSSR count). The predicted molar refractivity (Wildman–Crippen MR) is 71.8 cm³/mol. The fourth-order valence-corrected chi connectivity index (χ4v) is 3.04. The molecule has 4 aliphatic heterocycles. The minimum absolute atomic E-state index is 0.259. The first-order valence-corrected chi connectivity index (χ1v) is 7.16. The molecule has 22 heavy (non-hydrogen) atoms. The normalized spacial score (nSPS) is 40.0. The standard InChI is InChI=1S/C16H15FO5/c1-9-15(2)7-12-14(18)19-13(8-16(12,20-9)22-21-15)10-3-5-11(17)6-4-10/h3-7,9,13H,8H2,1-2H3/t9?,13?,15-,16+/m1/s1. The zero-order valence-electron chi connectivity index (χ0n) is 12.2. The van der Waals surface area contributed by atoms with E-state index in [4.69, 9.17) is 19.2 Å². The largest absolute Gasteiger partial charge is 0.454 e. The summed E-state index contributed by atoms with van der Waals surface area (Å²) in [5.41, 5.74) is 0.207.